The fourth-order valence-corrected chi connectivity index (χ4v) is 15.8. The van der Waals surface area contributed by atoms with Crippen LogP contribution in [0.2, 0.25) is 0 Å². The number of aromatic nitrogens is 2. The third-order valence-corrected chi connectivity index (χ3v) is 23.3. The Bertz CT molecular complexity index is 4820. The molecular weight excluding hydrogens is 1670 g/mol. The number of hydrogen-bond acceptors (Lipinski definition) is 24. The molecule has 0 bridgehead atoms. The van der Waals surface area contributed by atoms with Gasteiger partial charge in [-0.2, -0.15) is 0 Å². The molecule has 0 aliphatic carbocycles. The van der Waals surface area contributed by atoms with Crippen molar-refractivity contribution < 1.29 is 117 Å². The van der Waals surface area contributed by atoms with Gasteiger partial charge in [-0.15, -0.1) is 11.8 Å². The number of phenolic OH excluding ortho intramolecular Hbond substituents is 1. The number of aromatic hydroxyl groups is 1. The standard InChI is InChI=1S/C82H111N19O24S/c1-7-8-18-62-75(118)93-58(33-65(83)107)82(125)100-27-13-19-63(100)76(119)95-60(39-104)73(116)90-54(26-28-102)81(124)101-37-48(106)32-64(101)77(120)91-55(30-45-34-85-51-16-11-9-14-49(45)51)72(115)94-59(38-103)74(117)92-57(31-46-35-86-52-17-12-10-15-50(46)52)79(122)98(5)43(3)78(121)97(4)42(2)69(112)89-53(24-25-68(110)111)71(114)96-61(70(113)87-36-66(84)108)40-126-41-67(109)88-56(80(123)99(62)6)29-44-20-22-47(105)23-21-44/h9-12,14-17,20-23,34-35,42-43,48,53-64,85-86,102-106H,7-8,13,18-19,24-33,36-41H2,1-6H3,(H2,83,107)(H2,84,108)(H,87,113)(H,88,109)(H,89,112)(H,90,116)(H,91,120)(H,92,117)(H,93,118)(H,94,115)(H,95,119)(H,96,114)(H,110,111)/t42-,43-,48+,53-,54-,55-,56-,57-,58+,59-,60-,61-,62-,63-,64-/m0/s1. The number of aliphatic hydroxyl groups is 4. The molecule has 0 unspecified atom stereocenters. The Labute approximate surface area is 727 Å². The highest BCUT2D eigenvalue weighted by Crippen LogP contribution is 2.27. The van der Waals surface area contributed by atoms with Gasteiger partial charge in [0.05, 0.1) is 38.0 Å². The van der Waals surface area contributed by atoms with Crippen molar-refractivity contribution in [3.05, 3.63) is 102 Å². The number of carboxylic acid groups (broad SMARTS) is 1. The molecule has 0 spiro atoms. The number of carbonyl (C=O) groups excluding carboxylic acids is 17. The molecular formula is C82H111N19O24S. The number of thioether (sulfide) groups is 1. The van der Waals surface area contributed by atoms with Gasteiger partial charge in [0.1, 0.15) is 90.3 Å². The number of carbonyl (C=O) groups is 18. The lowest BCUT2D eigenvalue weighted by Gasteiger charge is -2.34. The van der Waals surface area contributed by atoms with Crippen molar-refractivity contribution in [2.75, 3.05) is 72.1 Å². The summed E-state index contributed by atoms with van der Waals surface area (Å²) in [6.45, 7) is -0.359. The molecule has 0 saturated carbocycles. The van der Waals surface area contributed by atoms with Gasteiger partial charge in [0.2, 0.25) is 100 Å². The summed E-state index contributed by atoms with van der Waals surface area (Å²) in [7, 11) is 3.60. The van der Waals surface area contributed by atoms with Crippen LogP contribution in [0.4, 0.5) is 0 Å². The lowest BCUT2D eigenvalue weighted by atomic mass is 10.0. The highest BCUT2D eigenvalue weighted by atomic mass is 32.2. The number of rotatable bonds is 21. The molecule has 126 heavy (non-hydrogen) atoms. The molecule has 3 aromatic carbocycles. The first-order valence-electron chi connectivity index (χ1n) is 41.0. The van der Waals surface area contributed by atoms with Crippen molar-refractivity contribution in [3.8, 4) is 5.75 Å². The second kappa shape index (κ2) is 46.2. The molecule has 22 N–H and O–H groups in total. The van der Waals surface area contributed by atoms with Crippen LogP contribution >= 0.6 is 11.8 Å². The van der Waals surface area contributed by atoms with Crippen molar-refractivity contribution in [1.29, 1.82) is 0 Å². The molecule has 5 aromatic rings. The minimum absolute atomic E-state index is 0.0950. The maximum atomic E-state index is 15.1. The SMILES string of the molecule is CCCC[C@H]1C(=O)N[C@H](CC(N)=O)C(=O)N2CCC[C@H]2C(=O)N[C@@H](CO)C(=O)N[C@@H](CCO)C(=O)N2C[C@H](O)C[C@H]2C(=O)N[C@@H](Cc2c[nH]c3ccccc23)C(=O)N[C@@H](CO)C(=O)N[C@@H](Cc2c[nH]c3ccccc23)C(=O)N(C)[C@@H](C)C(=O)N(C)[C@@H](C)C(=O)N[C@@H](CCC(=O)O)C(=O)N[C@H](C(=O)NCC(N)=O)CSCC(=O)N[C@@H](Cc2ccc(O)cc2)C(=O)N1C. The summed E-state index contributed by atoms with van der Waals surface area (Å²) in [5, 5.41) is 89.1. The number of aliphatic hydroxyl groups excluding tert-OH is 4. The lowest BCUT2D eigenvalue weighted by molar-refractivity contribution is -0.148. The largest absolute Gasteiger partial charge is 0.508 e. The highest BCUT2D eigenvalue weighted by Gasteiger charge is 2.46. The smallest absolute Gasteiger partial charge is 0.303 e. The number of primary amides is 2. The van der Waals surface area contributed by atoms with E-state index in [0.29, 0.717) is 56.7 Å². The number of fused-ring (bicyclic) bond motifs is 4. The molecule has 684 valence electrons. The van der Waals surface area contributed by atoms with E-state index >= 15 is 9.59 Å². The van der Waals surface area contributed by atoms with E-state index in [1.165, 1.54) is 59.3 Å². The summed E-state index contributed by atoms with van der Waals surface area (Å²) in [6, 6.07) is -4.34. The number of nitrogens with two attached hydrogens (primary N) is 2. The number of aromatic amines is 2. The molecule has 8 rings (SSSR count). The molecule has 3 fully saturated rings. The predicted molar refractivity (Wildman–Crippen MR) is 451 cm³/mol. The van der Waals surface area contributed by atoms with Crippen molar-refractivity contribution in [2.45, 2.75) is 195 Å². The van der Waals surface area contributed by atoms with Gasteiger partial charge >= 0.3 is 5.97 Å². The molecule has 44 heteroatoms. The zero-order valence-electron chi connectivity index (χ0n) is 70.4. The Hall–Kier alpha value is -12.8. The lowest BCUT2D eigenvalue weighted by Crippen LogP contribution is -2.61. The van der Waals surface area contributed by atoms with Gasteiger partial charge in [-0.05, 0) is 86.9 Å². The summed E-state index contributed by atoms with van der Waals surface area (Å²) < 4.78 is 0. The third-order valence-electron chi connectivity index (χ3n) is 22.3. The first kappa shape index (κ1) is 98.6. The van der Waals surface area contributed by atoms with Gasteiger partial charge < -0.3 is 130 Å². The summed E-state index contributed by atoms with van der Waals surface area (Å²) in [4.78, 5) is 267. The topological polar surface area (TPSA) is 649 Å². The van der Waals surface area contributed by atoms with E-state index in [-0.39, 0.29) is 57.2 Å². The van der Waals surface area contributed by atoms with E-state index in [1.807, 2.05) is 0 Å². The number of phenols is 1. The number of nitrogens with zero attached hydrogens (tertiary/aromatic N) is 5. The Morgan fingerprint density at radius 2 is 1.04 bits per heavy atom. The number of unbranched alkanes of at least 4 members (excludes halogenated alkanes) is 1. The molecule has 2 aromatic heterocycles. The monoisotopic (exact) mass is 1780 g/mol. The number of amides is 17. The number of H-pyrrole nitrogens is 2. The number of para-hydroxylation sites is 2. The average Bonchev–Trinajstić information content (AvgIpc) is 1.71. The minimum Gasteiger partial charge on any atom is -0.508 e. The fourth-order valence-electron chi connectivity index (χ4n) is 15.0. The molecule has 15 atom stereocenters. The van der Waals surface area contributed by atoms with E-state index in [1.54, 1.807) is 67.8 Å². The molecule has 3 aliphatic heterocycles. The van der Waals surface area contributed by atoms with Gasteiger partial charge in [0.25, 0.3) is 0 Å². The quantitative estimate of drug-likeness (QED) is 0.0325. The number of hydrogen-bond donors (Lipinski definition) is 20. The Morgan fingerprint density at radius 1 is 0.524 bits per heavy atom. The molecule has 5 heterocycles. The second-order valence-electron chi connectivity index (χ2n) is 31.2. The number of likely N-dealkylation sites (N-methyl/N-ethyl adjacent to an activating group) is 3. The average molecular weight is 1780 g/mol. The zero-order chi connectivity index (χ0) is 92.5. The summed E-state index contributed by atoms with van der Waals surface area (Å²) in [5.74, 6) is -20.7. The van der Waals surface area contributed by atoms with Crippen molar-refractivity contribution >= 4 is 140 Å². The number of benzene rings is 3. The normalized spacial score (nSPS) is 25.7. The molecule has 0 radical (unpaired) electrons. The van der Waals surface area contributed by atoms with Gasteiger partial charge in [0.15, 0.2) is 0 Å². The summed E-state index contributed by atoms with van der Waals surface area (Å²) >= 11 is 0.689. The first-order valence-corrected chi connectivity index (χ1v) is 42.2. The van der Waals surface area contributed by atoms with Crippen LogP contribution in [0, 0.1) is 0 Å². The van der Waals surface area contributed by atoms with Crippen LogP contribution in [-0.2, 0) is 106 Å². The summed E-state index contributed by atoms with van der Waals surface area (Å²) in [6.07, 6.45) is -2.02. The van der Waals surface area contributed by atoms with Crippen LogP contribution in [0.15, 0.2) is 85.2 Å². The van der Waals surface area contributed by atoms with Crippen LogP contribution < -0.4 is 64.6 Å². The maximum Gasteiger partial charge on any atom is 0.303 e. The van der Waals surface area contributed by atoms with Crippen LogP contribution in [-0.4, -0.2) is 334 Å². The van der Waals surface area contributed by atoms with Gasteiger partial charge in [-0.25, -0.2) is 0 Å². The molecule has 17 amide bonds. The van der Waals surface area contributed by atoms with Crippen LogP contribution in [0.1, 0.15) is 102 Å². The predicted octanol–water partition coefficient (Wildman–Crippen LogP) is -6.13. The number of nitrogens with one attached hydrogen (secondary N) is 12. The van der Waals surface area contributed by atoms with Crippen LogP contribution in [0.25, 0.3) is 21.8 Å². The second-order valence-corrected chi connectivity index (χ2v) is 32.3. The Kier molecular flexibility index (Phi) is 36.2. The Balaban J connectivity index is 1.15. The number of carboxylic acids is 1. The highest BCUT2D eigenvalue weighted by molar-refractivity contribution is 8.00. The fraction of sp³-hybridized carbons (Fsp3) is 0.512. The molecule has 3 aliphatic rings. The van der Waals surface area contributed by atoms with Crippen LogP contribution in [0.5, 0.6) is 5.75 Å². The van der Waals surface area contributed by atoms with E-state index in [0.717, 1.165) is 24.5 Å². The first-order chi connectivity index (χ1) is 59.9. The number of aliphatic carboxylic acids is 1. The summed E-state index contributed by atoms with van der Waals surface area (Å²) in [5.41, 5.74) is 13.5. The van der Waals surface area contributed by atoms with E-state index in [4.69, 9.17) is 11.5 Å². The Morgan fingerprint density at radius 3 is 1.63 bits per heavy atom. The van der Waals surface area contributed by atoms with E-state index in [9.17, 15) is 107 Å². The third kappa shape index (κ3) is 26.4. The van der Waals surface area contributed by atoms with Crippen molar-refractivity contribution in [2.24, 2.45) is 11.5 Å². The van der Waals surface area contributed by atoms with Gasteiger partial charge in [-0.3, -0.25) is 86.3 Å². The van der Waals surface area contributed by atoms with E-state index in [2.05, 4.69) is 63.1 Å². The molecule has 3 saturated heterocycles. The van der Waals surface area contributed by atoms with E-state index < -0.39 is 274 Å². The minimum atomic E-state index is -1.93. The molecule has 43 nitrogen and oxygen atoms in total. The van der Waals surface area contributed by atoms with Crippen molar-refractivity contribution in [1.82, 2.24) is 87.6 Å². The van der Waals surface area contributed by atoms with Gasteiger partial charge in [-0.1, -0.05) is 68.3 Å². The van der Waals surface area contributed by atoms with Gasteiger partial charge in [0, 0.05) is 113 Å². The van der Waals surface area contributed by atoms with Crippen LogP contribution in [0.3, 0.4) is 0 Å². The maximum absolute atomic E-state index is 15.1. The zero-order valence-corrected chi connectivity index (χ0v) is 71.2. The van der Waals surface area contributed by atoms with Crippen molar-refractivity contribution in [3.63, 3.8) is 0 Å².